The topological polar surface area (TPSA) is 58.8 Å². The van der Waals surface area contributed by atoms with Gasteiger partial charge in [0.25, 0.3) is 0 Å². The van der Waals surface area contributed by atoms with E-state index in [1.165, 1.54) is 41.9 Å². The second kappa shape index (κ2) is 5.50. The monoisotopic (exact) mass is 309 g/mol. The summed E-state index contributed by atoms with van der Waals surface area (Å²) >= 11 is 1.51. The fraction of sp³-hybridized carbons (Fsp3) is 0.667. The molecule has 21 heavy (non-hydrogen) atoms. The Kier molecular flexibility index (Phi) is 3.84. The van der Waals surface area contributed by atoms with Gasteiger partial charge in [-0.25, -0.2) is 4.79 Å². The molecule has 0 amide bonds. The van der Waals surface area contributed by atoms with E-state index in [1.807, 2.05) is 0 Å². The minimum absolute atomic E-state index is 0.313. The quantitative estimate of drug-likeness (QED) is 0.867. The van der Waals surface area contributed by atoms with Crippen LogP contribution >= 0.6 is 11.3 Å². The van der Waals surface area contributed by atoms with Crippen molar-refractivity contribution in [2.45, 2.75) is 31.7 Å². The van der Waals surface area contributed by atoms with Crippen molar-refractivity contribution in [1.29, 1.82) is 0 Å². The van der Waals surface area contributed by atoms with E-state index in [4.69, 9.17) is 10.5 Å². The molecule has 116 valence electrons. The zero-order valence-corrected chi connectivity index (χ0v) is 13.7. The Labute approximate surface area is 129 Å². The number of anilines is 2. The van der Waals surface area contributed by atoms with Gasteiger partial charge in [0.2, 0.25) is 0 Å². The van der Waals surface area contributed by atoms with Crippen LogP contribution in [0.3, 0.4) is 0 Å². The molecular weight excluding hydrogens is 286 g/mol. The van der Waals surface area contributed by atoms with Gasteiger partial charge in [0.1, 0.15) is 4.88 Å². The molecular formula is C15H23N3O2S. The summed E-state index contributed by atoms with van der Waals surface area (Å²) in [5, 5.41) is 1.19. The van der Waals surface area contributed by atoms with E-state index in [0.717, 1.165) is 19.6 Å². The van der Waals surface area contributed by atoms with Crippen molar-refractivity contribution in [2.24, 2.45) is 0 Å². The first-order valence-corrected chi connectivity index (χ1v) is 8.30. The average molecular weight is 309 g/mol. The van der Waals surface area contributed by atoms with Crippen LogP contribution in [0.4, 0.5) is 10.7 Å². The number of rotatable bonds is 3. The van der Waals surface area contributed by atoms with Gasteiger partial charge < -0.3 is 20.3 Å². The number of methoxy groups -OCH3 is 1. The molecule has 1 aliphatic carbocycles. The van der Waals surface area contributed by atoms with Crippen molar-refractivity contribution < 1.29 is 9.53 Å². The van der Waals surface area contributed by atoms with Crippen LogP contribution in [0.25, 0.3) is 0 Å². The molecule has 2 heterocycles. The predicted octanol–water partition coefficient (Wildman–Crippen LogP) is 2.13. The maximum atomic E-state index is 11.9. The molecule has 1 aliphatic heterocycles. The second-order valence-electron chi connectivity index (χ2n) is 6.13. The maximum Gasteiger partial charge on any atom is 0.350 e. The molecule has 1 unspecified atom stereocenters. The number of hydrogen-bond donors (Lipinski definition) is 1. The van der Waals surface area contributed by atoms with E-state index in [2.05, 4.69) is 23.8 Å². The molecule has 2 fully saturated rings. The number of carbonyl (C=O) groups excluding carboxylic acids is 1. The van der Waals surface area contributed by atoms with Gasteiger partial charge in [-0.05, 0) is 32.7 Å². The first-order chi connectivity index (χ1) is 10.0. The number of carbonyl (C=O) groups is 1. The van der Waals surface area contributed by atoms with Crippen LogP contribution in [-0.4, -0.2) is 50.7 Å². The average Bonchev–Trinajstić information content (AvgIpc) is 3.22. The normalized spacial score (nSPS) is 23.4. The Morgan fingerprint density at radius 2 is 2.10 bits per heavy atom. The number of nitrogens with two attached hydrogens (primary N) is 1. The Morgan fingerprint density at radius 1 is 1.38 bits per heavy atom. The number of nitrogens with zero attached hydrogens (tertiary/aromatic N) is 2. The first-order valence-electron chi connectivity index (χ1n) is 7.48. The lowest BCUT2D eigenvalue weighted by molar-refractivity contribution is 0.0607. The summed E-state index contributed by atoms with van der Waals surface area (Å²) in [6, 6.07) is 0.435. The third-order valence-corrected chi connectivity index (χ3v) is 5.65. The van der Waals surface area contributed by atoms with Crippen LogP contribution in [0.15, 0.2) is 0 Å². The van der Waals surface area contributed by atoms with Crippen LogP contribution < -0.4 is 10.6 Å². The Morgan fingerprint density at radius 3 is 2.67 bits per heavy atom. The van der Waals surface area contributed by atoms with E-state index in [0.29, 0.717) is 22.5 Å². The van der Waals surface area contributed by atoms with Gasteiger partial charge in [-0.2, -0.15) is 0 Å². The summed E-state index contributed by atoms with van der Waals surface area (Å²) in [4.78, 5) is 17.3. The molecule has 1 atom stereocenters. The highest BCUT2D eigenvalue weighted by molar-refractivity contribution is 7.18. The summed E-state index contributed by atoms with van der Waals surface area (Å²) < 4.78 is 4.88. The molecule has 1 saturated heterocycles. The van der Waals surface area contributed by atoms with E-state index in [9.17, 15) is 4.79 Å². The number of piperazine rings is 1. The summed E-state index contributed by atoms with van der Waals surface area (Å²) in [7, 11) is 3.56. The molecule has 1 saturated carbocycles. The Bertz CT molecular complexity index is 553. The van der Waals surface area contributed by atoms with Gasteiger partial charge >= 0.3 is 5.97 Å². The van der Waals surface area contributed by atoms with Gasteiger partial charge in [-0.1, -0.05) is 0 Å². The van der Waals surface area contributed by atoms with E-state index < -0.39 is 0 Å². The SMILES string of the molecule is COC(=O)c1sc(N2CCN(C)CC2C)c(C2CC2)c1N. The van der Waals surface area contributed by atoms with Gasteiger partial charge in [0.05, 0.1) is 17.8 Å². The summed E-state index contributed by atoms with van der Waals surface area (Å²) in [6.45, 7) is 5.30. The highest BCUT2D eigenvalue weighted by Gasteiger charge is 2.36. The fourth-order valence-corrected chi connectivity index (χ4v) is 4.46. The summed E-state index contributed by atoms with van der Waals surface area (Å²) in [5.74, 6) is 0.217. The molecule has 6 heteroatoms. The molecule has 2 aliphatic rings. The van der Waals surface area contributed by atoms with Crippen LogP contribution in [0.5, 0.6) is 0 Å². The van der Waals surface area contributed by atoms with Crippen molar-refractivity contribution in [3.63, 3.8) is 0 Å². The van der Waals surface area contributed by atoms with E-state index in [1.54, 1.807) is 0 Å². The number of thiophene rings is 1. The zero-order chi connectivity index (χ0) is 15.1. The number of likely N-dealkylation sites (N-methyl/N-ethyl adjacent to an activating group) is 1. The molecule has 5 nitrogen and oxygen atoms in total. The lowest BCUT2D eigenvalue weighted by atomic mass is 10.1. The summed E-state index contributed by atoms with van der Waals surface area (Å²) in [5.41, 5.74) is 8.11. The van der Waals surface area contributed by atoms with Crippen LogP contribution in [0.1, 0.15) is 40.9 Å². The third kappa shape index (κ3) is 2.62. The highest BCUT2D eigenvalue weighted by atomic mass is 32.1. The minimum atomic E-state index is -0.313. The van der Waals surface area contributed by atoms with Gasteiger partial charge in [0.15, 0.2) is 0 Å². The van der Waals surface area contributed by atoms with Gasteiger partial charge in [-0.15, -0.1) is 11.3 Å². The van der Waals surface area contributed by atoms with E-state index in [-0.39, 0.29) is 5.97 Å². The minimum Gasteiger partial charge on any atom is -0.465 e. The first kappa shape index (κ1) is 14.7. The second-order valence-corrected chi connectivity index (χ2v) is 7.13. The number of ether oxygens (including phenoxy) is 1. The van der Waals surface area contributed by atoms with Crippen molar-refractivity contribution >= 4 is 28.0 Å². The van der Waals surface area contributed by atoms with Crippen LogP contribution in [-0.2, 0) is 4.74 Å². The third-order valence-electron chi connectivity index (χ3n) is 4.41. The molecule has 1 aromatic heterocycles. The highest BCUT2D eigenvalue weighted by Crippen LogP contribution is 2.52. The zero-order valence-electron chi connectivity index (χ0n) is 12.9. The van der Waals surface area contributed by atoms with Crippen molar-refractivity contribution in [2.75, 3.05) is 44.4 Å². The Balaban J connectivity index is 1.99. The maximum absolute atomic E-state index is 11.9. The van der Waals surface area contributed by atoms with Crippen molar-refractivity contribution in [1.82, 2.24) is 4.90 Å². The number of nitrogen functional groups attached to an aromatic ring is 1. The number of esters is 1. The molecule has 3 rings (SSSR count). The van der Waals surface area contributed by atoms with Gasteiger partial charge in [-0.3, -0.25) is 0 Å². The number of hydrogen-bond acceptors (Lipinski definition) is 6. The predicted molar refractivity (Wildman–Crippen MR) is 86.4 cm³/mol. The van der Waals surface area contributed by atoms with E-state index >= 15 is 0 Å². The molecule has 0 spiro atoms. The fourth-order valence-electron chi connectivity index (χ4n) is 3.11. The van der Waals surface area contributed by atoms with Crippen molar-refractivity contribution in [3.8, 4) is 0 Å². The van der Waals surface area contributed by atoms with Crippen molar-refractivity contribution in [3.05, 3.63) is 10.4 Å². The lowest BCUT2D eigenvalue weighted by Crippen LogP contribution is -2.50. The summed E-state index contributed by atoms with van der Waals surface area (Å²) in [6.07, 6.45) is 2.35. The Hall–Kier alpha value is -1.27. The molecule has 0 bridgehead atoms. The van der Waals surface area contributed by atoms with Crippen LogP contribution in [0, 0.1) is 0 Å². The van der Waals surface area contributed by atoms with Crippen LogP contribution in [0.2, 0.25) is 0 Å². The molecule has 1 aromatic rings. The molecule has 0 aromatic carbocycles. The molecule has 0 radical (unpaired) electrons. The molecule has 2 N–H and O–H groups in total. The largest absolute Gasteiger partial charge is 0.465 e. The lowest BCUT2D eigenvalue weighted by Gasteiger charge is -2.39. The van der Waals surface area contributed by atoms with Gasteiger partial charge in [0, 0.05) is 31.2 Å². The smallest absolute Gasteiger partial charge is 0.350 e. The standard InChI is InChI=1S/C15H23N3O2S/c1-9-8-17(2)6-7-18(9)14-11(10-4-5-10)12(16)13(21-14)15(19)20-3/h9-10H,4-8,16H2,1-3H3.